The van der Waals surface area contributed by atoms with Crippen molar-refractivity contribution in [2.45, 2.75) is 69.9 Å². The number of nitrogens with one attached hydrogen (secondary N) is 1. The van der Waals surface area contributed by atoms with E-state index >= 15 is 0 Å². The fraction of sp³-hybridized carbons (Fsp3) is 0.933. The molecule has 1 N–H and O–H groups in total. The van der Waals surface area contributed by atoms with Crippen LogP contribution in [0.15, 0.2) is 0 Å². The normalized spacial score (nSPS) is 32.1. The SMILES string of the molecule is O=C(CCNC1CC1)N1CCCC2CCCCC21. The maximum Gasteiger partial charge on any atom is 0.224 e. The van der Waals surface area contributed by atoms with Gasteiger partial charge in [-0.2, -0.15) is 0 Å². The van der Waals surface area contributed by atoms with E-state index in [0.717, 1.165) is 25.0 Å². The lowest BCUT2D eigenvalue weighted by atomic mass is 9.78. The molecule has 3 rings (SSSR count). The monoisotopic (exact) mass is 250 g/mol. The summed E-state index contributed by atoms with van der Waals surface area (Å²) in [6.45, 7) is 1.90. The molecule has 1 saturated heterocycles. The van der Waals surface area contributed by atoms with Gasteiger partial charge in [-0.3, -0.25) is 4.79 Å². The second-order valence-electron chi connectivity index (χ2n) is 6.32. The average molecular weight is 250 g/mol. The van der Waals surface area contributed by atoms with Gasteiger partial charge in [0.25, 0.3) is 0 Å². The first-order valence-corrected chi connectivity index (χ1v) is 7.87. The van der Waals surface area contributed by atoms with Crippen molar-refractivity contribution in [2.75, 3.05) is 13.1 Å². The third-order valence-electron chi connectivity index (χ3n) is 4.91. The van der Waals surface area contributed by atoms with Crippen LogP contribution in [0.3, 0.4) is 0 Å². The zero-order chi connectivity index (χ0) is 12.4. The molecule has 0 spiro atoms. The van der Waals surface area contributed by atoms with Gasteiger partial charge in [-0.05, 0) is 44.4 Å². The Morgan fingerprint density at radius 3 is 2.67 bits per heavy atom. The first kappa shape index (κ1) is 12.5. The van der Waals surface area contributed by atoms with Crippen molar-refractivity contribution in [3.05, 3.63) is 0 Å². The minimum Gasteiger partial charge on any atom is -0.339 e. The molecule has 18 heavy (non-hydrogen) atoms. The molecule has 2 aliphatic carbocycles. The molecule has 0 aromatic rings. The Balaban J connectivity index is 1.50. The minimum absolute atomic E-state index is 0.403. The van der Waals surface area contributed by atoms with Crippen LogP contribution in [0.4, 0.5) is 0 Å². The van der Waals surface area contributed by atoms with Gasteiger partial charge in [-0.25, -0.2) is 0 Å². The van der Waals surface area contributed by atoms with Crippen LogP contribution in [0.2, 0.25) is 0 Å². The zero-order valence-electron chi connectivity index (χ0n) is 11.4. The molecule has 1 amide bonds. The number of nitrogens with zero attached hydrogens (tertiary/aromatic N) is 1. The molecular weight excluding hydrogens is 224 g/mol. The first-order chi connectivity index (χ1) is 8.84. The molecule has 3 nitrogen and oxygen atoms in total. The van der Waals surface area contributed by atoms with Gasteiger partial charge in [0.15, 0.2) is 0 Å². The van der Waals surface area contributed by atoms with Crippen molar-refractivity contribution in [2.24, 2.45) is 5.92 Å². The minimum atomic E-state index is 0.403. The van der Waals surface area contributed by atoms with Crippen molar-refractivity contribution >= 4 is 5.91 Å². The van der Waals surface area contributed by atoms with Gasteiger partial charge in [0.2, 0.25) is 5.91 Å². The van der Waals surface area contributed by atoms with E-state index in [-0.39, 0.29) is 0 Å². The Bertz CT molecular complexity index is 299. The van der Waals surface area contributed by atoms with Gasteiger partial charge < -0.3 is 10.2 Å². The Labute approximate surface area is 110 Å². The molecule has 0 aromatic carbocycles. The smallest absolute Gasteiger partial charge is 0.224 e. The van der Waals surface area contributed by atoms with Crippen molar-refractivity contribution in [1.29, 1.82) is 0 Å². The summed E-state index contributed by atoms with van der Waals surface area (Å²) in [7, 11) is 0. The third-order valence-corrected chi connectivity index (χ3v) is 4.91. The lowest BCUT2D eigenvalue weighted by Gasteiger charge is -2.44. The standard InChI is InChI=1S/C15H26N2O/c18-15(9-10-16-13-7-8-13)17-11-3-5-12-4-1-2-6-14(12)17/h12-14,16H,1-11H2. The number of amides is 1. The Hall–Kier alpha value is -0.570. The Morgan fingerprint density at radius 1 is 1.06 bits per heavy atom. The summed E-state index contributed by atoms with van der Waals surface area (Å²) in [6, 6.07) is 1.31. The van der Waals surface area contributed by atoms with Gasteiger partial charge in [-0.1, -0.05) is 12.8 Å². The molecule has 3 heteroatoms. The third kappa shape index (κ3) is 2.87. The van der Waals surface area contributed by atoms with E-state index in [1.807, 2.05) is 0 Å². The summed E-state index contributed by atoms with van der Waals surface area (Å²) in [5.74, 6) is 1.22. The Morgan fingerprint density at radius 2 is 1.83 bits per heavy atom. The summed E-state index contributed by atoms with van der Waals surface area (Å²) < 4.78 is 0. The quantitative estimate of drug-likeness (QED) is 0.830. The van der Waals surface area contributed by atoms with Crippen LogP contribution in [-0.4, -0.2) is 36.0 Å². The van der Waals surface area contributed by atoms with Crippen molar-refractivity contribution < 1.29 is 4.79 Å². The number of piperidine rings is 1. The summed E-state index contributed by atoms with van der Waals surface area (Å²) in [5, 5.41) is 3.45. The van der Waals surface area contributed by atoms with Crippen LogP contribution in [0.1, 0.15) is 57.8 Å². The van der Waals surface area contributed by atoms with Crippen molar-refractivity contribution in [1.82, 2.24) is 10.2 Å². The van der Waals surface area contributed by atoms with Gasteiger partial charge in [0.1, 0.15) is 0 Å². The highest BCUT2D eigenvalue weighted by molar-refractivity contribution is 5.76. The van der Waals surface area contributed by atoms with Crippen LogP contribution in [0, 0.1) is 5.92 Å². The van der Waals surface area contributed by atoms with E-state index in [9.17, 15) is 4.79 Å². The van der Waals surface area contributed by atoms with Crippen molar-refractivity contribution in [3.8, 4) is 0 Å². The number of likely N-dealkylation sites (tertiary alicyclic amines) is 1. The van der Waals surface area contributed by atoms with Crippen LogP contribution in [0.5, 0.6) is 0 Å². The highest BCUT2D eigenvalue weighted by atomic mass is 16.2. The van der Waals surface area contributed by atoms with E-state index in [1.54, 1.807) is 0 Å². The zero-order valence-corrected chi connectivity index (χ0v) is 11.4. The maximum absolute atomic E-state index is 12.3. The Kier molecular flexibility index (Phi) is 3.88. The summed E-state index contributed by atoms with van der Waals surface area (Å²) >= 11 is 0. The van der Waals surface area contributed by atoms with Gasteiger partial charge in [-0.15, -0.1) is 0 Å². The molecule has 3 aliphatic rings. The first-order valence-electron chi connectivity index (χ1n) is 7.87. The van der Waals surface area contributed by atoms with Crippen LogP contribution < -0.4 is 5.32 Å². The van der Waals surface area contributed by atoms with E-state index in [1.165, 1.54) is 51.4 Å². The summed E-state index contributed by atoms with van der Waals surface area (Å²) in [6.07, 6.45) is 11.2. The average Bonchev–Trinajstić information content (AvgIpc) is 3.22. The van der Waals surface area contributed by atoms with Gasteiger partial charge in [0, 0.05) is 31.6 Å². The van der Waals surface area contributed by atoms with E-state index in [2.05, 4.69) is 10.2 Å². The van der Waals surface area contributed by atoms with E-state index < -0.39 is 0 Å². The molecule has 2 unspecified atom stereocenters. The number of hydrogen-bond acceptors (Lipinski definition) is 2. The fourth-order valence-corrected chi connectivity index (χ4v) is 3.75. The van der Waals surface area contributed by atoms with Crippen LogP contribution in [0.25, 0.3) is 0 Å². The molecule has 102 valence electrons. The summed E-state index contributed by atoms with van der Waals surface area (Å²) in [5.41, 5.74) is 0. The number of carbonyl (C=O) groups is 1. The fourth-order valence-electron chi connectivity index (χ4n) is 3.75. The molecule has 1 heterocycles. The van der Waals surface area contributed by atoms with Gasteiger partial charge in [0.05, 0.1) is 0 Å². The van der Waals surface area contributed by atoms with E-state index in [0.29, 0.717) is 18.4 Å². The maximum atomic E-state index is 12.3. The van der Waals surface area contributed by atoms with Crippen LogP contribution >= 0.6 is 0 Å². The molecular formula is C15H26N2O. The largest absolute Gasteiger partial charge is 0.339 e. The van der Waals surface area contributed by atoms with Crippen LogP contribution in [-0.2, 0) is 4.79 Å². The number of fused-ring (bicyclic) bond motifs is 1. The van der Waals surface area contributed by atoms with E-state index in [4.69, 9.17) is 0 Å². The summed E-state index contributed by atoms with van der Waals surface area (Å²) in [4.78, 5) is 14.6. The van der Waals surface area contributed by atoms with Crippen molar-refractivity contribution in [3.63, 3.8) is 0 Å². The highest BCUT2D eigenvalue weighted by Crippen LogP contribution is 2.35. The number of rotatable bonds is 4. The molecule has 1 aliphatic heterocycles. The lowest BCUT2D eigenvalue weighted by Crippen LogP contribution is -2.50. The predicted octanol–water partition coefficient (Wildman–Crippen LogP) is 2.31. The molecule has 2 saturated carbocycles. The topological polar surface area (TPSA) is 32.3 Å². The molecule has 2 atom stereocenters. The highest BCUT2D eigenvalue weighted by Gasteiger charge is 2.35. The number of carbonyl (C=O) groups excluding carboxylic acids is 1. The molecule has 0 aromatic heterocycles. The second-order valence-corrected chi connectivity index (χ2v) is 6.32. The molecule has 0 radical (unpaired) electrons. The molecule has 3 fully saturated rings. The lowest BCUT2D eigenvalue weighted by molar-refractivity contribution is -0.137. The number of hydrogen-bond donors (Lipinski definition) is 1. The second kappa shape index (κ2) is 5.60. The predicted molar refractivity (Wildman–Crippen MR) is 72.3 cm³/mol. The van der Waals surface area contributed by atoms with Gasteiger partial charge >= 0.3 is 0 Å². The molecule has 0 bridgehead atoms.